The summed E-state index contributed by atoms with van der Waals surface area (Å²) in [6.45, 7) is 0. The molecule has 3 rings (SSSR count). The van der Waals surface area contributed by atoms with Crippen LogP contribution in [0, 0.1) is 0 Å². The Balaban J connectivity index is 2.13. The van der Waals surface area contributed by atoms with Gasteiger partial charge in [-0.25, -0.2) is 13.4 Å². The Hall–Kier alpha value is -2.10. The highest BCUT2D eigenvalue weighted by Gasteiger charge is 2.48. The standard InChI is InChI=1S/C15H8Cl2F3N3O2S/c16-8-3-4-9(11(17)6-8)13-10(2-1-5-21-13)14-22-7-12(23-14)26(24,25)15(18,19)20/h1-7H,(H,22,23). The molecule has 0 spiro atoms. The Morgan fingerprint density at radius 2 is 1.77 bits per heavy atom. The lowest BCUT2D eigenvalue weighted by Crippen LogP contribution is -2.23. The van der Waals surface area contributed by atoms with E-state index in [9.17, 15) is 21.6 Å². The maximum atomic E-state index is 12.7. The number of H-pyrrole nitrogens is 1. The summed E-state index contributed by atoms with van der Waals surface area (Å²) < 4.78 is 61.1. The molecule has 5 nitrogen and oxygen atoms in total. The predicted octanol–water partition coefficient (Wildman–Crippen LogP) is 4.74. The van der Waals surface area contributed by atoms with Crippen molar-refractivity contribution in [1.29, 1.82) is 0 Å². The van der Waals surface area contributed by atoms with Gasteiger partial charge >= 0.3 is 5.51 Å². The molecule has 136 valence electrons. The summed E-state index contributed by atoms with van der Waals surface area (Å²) in [4.78, 5) is 10.1. The highest BCUT2D eigenvalue weighted by molar-refractivity contribution is 7.92. The van der Waals surface area contributed by atoms with Crippen molar-refractivity contribution in [3.8, 4) is 22.6 Å². The summed E-state index contributed by atoms with van der Waals surface area (Å²) >= 11 is 12.0. The zero-order chi connectivity index (χ0) is 19.1. The monoisotopic (exact) mass is 421 g/mol. The summed E-state index contributed by atoms with van der Waals surface area (Å²) in [7, 11) is -5.54. The van der Waals surface area contributed by atoms with Crippen LogP contribution in [0.1, 0.15) is 0 Å². The fraction of sp³-hybridized carbons (Fsp3) is 0.0667. The lowest BCUT2D eigenvalue weighted by Gasteiger charge is -2.09. The lowest BCUT2D eigenvalue weighted by molar-refractivity contribution is -0.0437. The van der Waals surface area contributed by atoms with Crippen LogP contribution in [0.4, 0.5) is 13.2 Å². The van der Waals surface area contributed by atoms with Gasteiger partial charge in [0, 0.05) is 22.3 Å². The number of aromatic nitrogens is 3. The summed E-state index contributed by atoms with van der Waals surface area (Å²) in [6.07, 6.45) is 2.07. The molecular formula is C15H8Cl2F3N3O2S. The molecule has 1 aromatic carbocycles. The fourth-order valence-corrected chi connectivity index (χ4v) is 3.36. The normalized spacial score (nSPS) is 12.3. The Kier molecular flexibility index (Phi) is 4.72. The van der Waals surface area contributed by atoms with Gasteiger partial charge in [-0.05, 0) is 30.3 Å². The minimum absolute atomic E-state index is 0.0954. The van der Waals surface area contributed by atoms with E-state index in [0.717, 1.165) is 0 Å². The lowest BCUT2D eigenvalue weighted by atomic mass is 10.1. The molecule has 0 atom stereocenters. The van der Waals surface area contributed by atoms with Crippen LogP contribution in [-0.2, 0) is 9.84 Å². The van der Waals surface area contributed by atoms with Gasteiger partial charge in [0.2, 0.25) is 0 Å². The van der Waals surface area contributed by atoms with Crippen LogP contribution in [0.3, 0.4) is 0 Å². The molecular weight excluding hydrogens is 414 g/mol. The number of halogens is 5. The maximum absolute atomic E-state index is 12.7. The molecule has 0 radical (unpaired) electrons. The van der Waals surface area contributed by atoms with Crippen molar-refractivity contribution in [1.82, 2.24) is 15.0 Å². The zero-order valence-corrected chi connectivity index (χ0v) is 14.9. The minimum Gasteiger partial charge on any atom is -0.329 e. The van der Waals surface area contributed by atoms with Crippen LogP contribution in [-0.4, -0.2) is 28.9 Å². The SMILES string of the molecule is O=S(=O)(c1cnc(-c2cccnc2-c2ccc(Cl)cc2Cl)[nH]1)C(F)(F)F. The Bertz CT molecular complexity index is 1080. The van der Waals surface area contributed by atoms with Crippen LogP contribution >= 0.6 is 23.2 Å². The summed E-state index contributed by atoms with van der Waals surface area (Å²) in [5.74, 6) is -0.0954. The number of nitrogens with zero attached hydrogens (tertiary/aromatic N) is 2. The second kappa shape index (κ2) is 6.57. The predicted molar refractivity (Wildman–Crippen MR) is 90.5 cm³/mol. The molecule has 2 heterocycles. The molecule has 0 saturated carbocycles. The van der Waals surface area contributed by atoms with E-state index in [-0.39, 0.29) is 16.4 Å². The molecule has 0 amide bonds. The quantitative estimate of drug-likeness (QED) is 0.662. The third-order valence-electron chi connectivity index (χ3n) is 3.40. The summed E-state index contributed by atoms with van der Waals surface area (Å²) in [5, 5.41) is -0.392. The average molecular weight is 422 g/mol. The number of sulfone groups is 1. The van der Waals surface area contributed by atoms with Crippen LogP contribution < -0.4 is 0 Å². The number of aromatic amines is 1. The molecule has 0 unspecified atom stereocenters. The van der Waals surface area contributed by atoms with Crippen molar-refractivity contribution >= 4 is 33.0 Å². The Labute approximate surface area is 155 Å². The Morgan fingerprint density at radius 1 is 1.04 bits per heavy atom. The van der Waals surface area contributed by atoms with Gasteiger partial charge < -0.3 is 4.98 Å². The molecule has 0 aliphatic heterocycles. The highest BCUT2D eigenvalue weighted by atomic mass is 35.5. The first-order valence-corrected chi connectivity index (χ1v) is 9.12. The van der Waals surface area contributed by atoms with Crippen molar-refractivity contribution in [3.63, 3.8) is 0 Å². The van der Waals surface area contributed by atoms with E-state index in [2.05, 4.69) is 15.0 Å². The molecule has 3 aromatic rings. The van der Waals surface area contributed by atoms with Crippen LogP contribution in [0.2, 0.25) is 10.0 Å². The van der Waals surface area contributed by atoms with Gasteiger partial charge in [0.1, 0.15) is 5.82 Å². The van der Waals surface area contributed by atoms with Crippen LogP contribution in [0.25, 0.3) is 22.6 Å². The highest BCUT2D eigenvalue weighted by Crippen LogP contribution is 2.36. The van der Waals surface area contributed by atoms with E-state index in [1.165, 1.54) is 24.4 Å². The van der Waals surface area contributed by atoms with Crippen molar-refractivity contribution in [2.24, 2.45) is 0 Å². The van der Waals surface area contributed by atoms with Gasteiger partial charge in [0.05, 0.1) is 16.9 Å². The van der Waals surface area contributed by atoms with Gasteiger partial charge in [-0.2, -0.15) is 13.2 Å². The third kappa shape index (κ3) is 3.29. The van der Waals surface area contributed by atoms with Crippen molar-refractivity contribution < 1.29 is 21.6 Å². The summed E-state index contributed by atoms with van der Waals surface area (Å²) in [6, 6.07) is 7.70. The number of benzene rings is 1. The topological polar surface area (TPSA) is 75.7 Å². The van der Waals surface area contributed by atoms with Crippen molar-refractivity contribution in [3.05, 3.63) is 52.8 Å². The van der Waals surface area contributed by atoms with E-state index in [4.69, 9.17) is 23.2 Å². The molecule has 1 N–H and O–H groups in total. The van der Waals surface area contributed by atoms with E-state index in [1.54, 1.807) is 12.1 Å². The van der Waals surface area contributed by atoms with Crippen molar-refractivity contribution in [2.45, 2.75) is 10.5 Å². The van der Waals surface area contributed by atoms with Gasteiger partial charge in [-0.1, -0.05) is 23.2 Å². The molecule has 0 bridgehead atoms. The van der Waals surface area contributed by atoms with Gasteiger partial charge in [-0.3, -0.25) is 4.98 Å². The van der Waals surface area contributed by atoms with E-state index in [1.807, 2.05) is 0 Å². The van der Waals surface area contributed by atoms with E-state index in [0.29, 0.717) is 22.5 Å². The molecule has 2 aromatic heterocycles. The Morgan fingerprint density at radius 3 is 2.42 bits per heavy atom. The molecule has 0 aliphatic carbocycles. The number of hydrogen-bond donors (Lipinski definition) is 1. The molecule has 0 saturated heterocycles. The first-order chi connectivity index (χ1) is 12.1. The van der Waals surface area contributed by atoms with Crippen molar-refractivity contribution in [2.75, 3.05) is 0 Å². The first kappa shape index (κ1) is 18.7. The summed E-state index contributed by atoms with van der Waals surface area (Å²) in [5.41, 5.74) is -4.39. The van der Waals surface area contributed by atoms with Crippen LogP contribution in [0.5, 0.6) is 0 Å². The largest absolute Gasteiger partial charge is 0.503 e. The second-order valence-electron chi connectivity index (χ2n) is 5.07. The maximum Gasteiger partial charge on any atom is 0.503 e. The fourth-order valence-electron chi connectivity index (χ4n) is 2.20. The van der Waals surface area contributed by atoms with E-state index < -0.39 is 20.4 Å². The van der Waals surface area contributed by atoms with Gasteiger partial charge in [0.25, 0.3) is 9.84 Å². The molecule has 26 heavy (non-hydrogen) atoms. The zero-order valence-electron chi connectivity index (χ0n) is 12.6. The first-order valence-electron chi connectivity index (χ1n) is 6.88. The number of imidazole rings is 1. The molecule has 11 heteroatoms. The minimum atomic E-state index is -5.54. The number of pyridine rings is 1. The average Bonchev–Trinajstić information content (AvgIpc) is 3.04. The van der Waals surface area contributed by atoms with E-state index >= 15 is 0 Å². The second-order valence-corrected chi connectivity index (χ2v) is 7.82. The van der Waals surface area contributed by atoms with Gasteiger partial charge in [0.15, 0.2) is 5.03 Å². The molecule has 0 fully saturated rings. The number of alkyl halides is 3. The number of nitrogens with one attached hydrogen (secondary N) is 1. The van der Waals surface area contributed by atoms with Crippen LogP contribution in [0.15, 0.2) is 47.8 Å². The van der Waals surface area contributed by atoms with Gasteiger partial charge in [-0.15, -0.1) is 0 Å². The number of hydrogen-bond acceptors (Lipinski definition) is 4. The smallest absolute Gasteiger partial charge is 0.329 e. The third-order valence-corrected chi connectivity index (χ3v) is 5.34. The number of rotatable bonds is 3. The molecule has 0 aliphatic rings.